The molecule has 0 aromatic heterocycles. The van der Waals surface area contributed by atoms with Crippen LogP contribution in [0.15, 0.2) is 36.4 Å². The molecule has 0 radical (unpaired) electrons. The lowest BCUT2D eigenvalue weighted by Crippen LogP contribution is -2.38. The van der Waals surface area contributed by atoms with Crippen molar-refractivity contribution in [1.82, 2.24) is 4.90 Å². The van der Waals surface area contributed by atoms with Crippen LogP contribution in [0.1, 0.15) is 33.3 Å². The molecule has 0 spiro atoms. The third-order valence-corrected chi connectivity index (χ3v) is 3.41. The third kappa shape index (κ3) is 4.99. The van der Waals surface area contributed by atoms with Crippen LogP contribution in [-0.4, -0.2) is 30.3 Å². The van der Waals surface area contributed by atoms with Crippen LogP contribution in [-0.2, 0) is 4.79 Å². The molecule has 0 saturated heterocycles. The van der Waals surface area contributed by atoms with Gasteiger partial charge in [0.2, 0.25) is 0 Å². The summed E-state index contributed by atoms with van der Waals surface area (Å²) in [5.74, 6) is 0.184. The summed E-state index contributed by atoms with van der Waals surface area (Å²) in [6.07, 6.45) is 3.60. The van der Waals surface area contributed by atoms with Crippen LogP contribution in [0.4, 0.5) is 0 Å². The topological polar surface area (TPSA) is 20.3 Å². The largest absolute Gasteiger partial charge is 0.303 e. The van der Waals surface area contributed by atoms with Gasteiger partial charge < -0.3 is 4.90 Å². The summed E-state index contributed by atoms with van der Waals surface area (Å²) < 4.78 is 0. The second kappa shape index (κ2) is 7.25. The van der Waals surface area contributed by atoms with Crippen molar-refractivity contribution in [3.05, 3.63) is 42.0 Å². The van der Waals surface area contributed by atoms with E-state index in [-0.39, 0.29) is 11.2 Å². The van der Waals surface area contributed by atoms with Crippen molar-refractivity contribution < 1.29 is 4.79 Å². The Hall–Kier alpha value is -1.41. The Kier molecular flexibility index (Phi) is 5.97. The lowest BCUT2D eigenvalue weighted by molar-refractivity contribution is -0.123. The molecule has 0 aliphatic rings. The predicted molar refractivity (Wildman–Crippen MR) is 82.1 cm³/mol. The SMILES string of the molecule is CCN(CC)CC(C)(C)C(=O)/C=C/c1ccccc1. The van der Waals surface area contributed by atoms with E-state index in [0.29, 0.717) is 0 Å². The highest BCUT2D eigenvalue weighted by Crippen LogP contribution is 2.20. The van der Waals surface area contributed by atoms with E-state index in [0.717, 1.165) is 25.2 Å². The average Bonchev–Trinajstić information content (AvgIpc) is 2.43. The van der Waals surface area contributed by atoms with Gasteiger partial charge in [-0.25, -0.2) is 0 Å². The van der Waals surface area contributed by atoms with Gasteiger partial charge in [0, 0.05) is 12.0 Å². The maximum Gasteiger partial charge on any atom is 0.162 e. The first kappa shape index (κ1) is 15.6. The normalized spacial score (nSPS) is 12.3. The lowest BCUT2D eigenvalue weighted by atomic mass is 9.87. The number of nitrogens with zero attached hydrogens (tertiary/aromatic N) is 1. The Morgan fingerprint density at radius 3 is 2.26 bits per heavy atom. The number of benzene rings is 1. The molecule has 0 aliphatic heterocycles. The van der Waals surface area contributed by atoms with Gasteiger partial charge in [0.1, 0.15) is 0 Å². The predicted octanol–water partition coefficient (Wildman–Crippen LogP) is 3.64. The molecule has 0 atom stereocenters. The fourth-order valence-corrected chi connectivity index (χ4v) is 2.05. The van der Waals surface area contributed by atoms with Crippen molar-refractivity contribution in [3.8, 4) is 0 Å². The van der Waals surface area contributed by atoms with E-state index in [1.807, 2.05) is 50.3 Å². The van der Waals surface area contributed by atoms with Gasteiger partial charge in [0.25, 0.3) is 0 Å². The molecular weight excluding hydrogens is 234 g/mol. The zero-order valence-electron chi connectivity index (χ0n) is 12.5. The molecule has 0 heterocycles. The number of hydrogen-bond donors (Lipinski definition) is 0. The molecule has 1 rings (SSSR count). The summed E-state index contributed by atoms with van der Waals surface area (Å²) in [4.78, 5) is 14.6. The van der Waals surface area contributed by atoms with E-state index < -0.39 is 0 Å². The number of carbonyl (C=O) groups excluding carboxylic acids is 1. The van der Waals surface area contributed by atoms with Crippen LogP contribution in [0.3, 0.4) is 0 Å². The Balaban J connectivity index is 2.68. The molecular formula is C17H25NO. The van der Waals surface area contributed by atoms with Crippen molar-refractivity contribution in [1.29, 1.82) is 0 Å². The zero-order chi connectivity index (χ0) is 14.3. The fraction of sp³-hybridized carbons (Fsp3) is 0.471. The van der Waals surface area contributed by atoms with Gasteiger partial charge in [-0.1, -0.05) is 64.1 Å². The van der Waals surface area contributed by atoms with Gasteiger partial charge in [0.05, 0.1) is 0 Å². The second-order valence-corrected chi connectivity index (χ2v) is 5.45. The monoisotopic (exact) mass is 259 g/mol. The van der Waals surface area contributed by atoms with E-state index in [1.165, 1.54) is 0 Å². The lowest BCUT2D eigenvalue weighted by Gasteiger charge is -2.29. The van der Waals surface area contributed by atoms with E-state index in [9.17, 15) is 4.79 Å². The maximum atomic E-state index is 12.3. The maximum absolute atomic E-state index is 12.3. The van der Waals surface area contributed by atoms with E-state index in [2.05, 4.69) is 18.7 Å². The molecule has 0 bridgehead atoms. The first-order chi connectivity index (χ1) is 8.99. The molecule has 0 fully saturated rings. The molecule has 0 aliphatic carbocycles. The van der Waals surface area contributed by atoms with Gasteiger partial charge in [-0.2, -0.15) is 0 Å². The van der Waals surface area contributed by atoms with Gasteiger partial charge in [-0.15, -0.1) is 0 Å². The second-order valence-electron chi connectivity index (χ2n) is 5.45. The molecule has 2 heteroatoms. The summed E-state index contributed by atoms with van der Waals surface area (Å²) in [5.41, 5.74) is 0.728. The number of ketones is 1. The van der Waals surface area contributed by atoms with Gasteiger partial charge in [-0.3, -0.25) is 4.79 Å². The minimum Gasteiger partial charge on any atom is -0.303 e. The van der Waals surface area contributed by atoms with Gasteiger partial charge in [-0.05, 0) is 24.7 Å². The molecule has 1 aromatic carbocycles. The first-order valence-electron chi connectivity index (χ1n) is 6.99. The molecule has 0 saturated carbocycles. The third-order valence-electron chi connectivity index (χ3n) is 3.41. The van der Waals surface area contributed by atoms with Crippen molar-refractivity contribution in [2.45, 2.75) is 27.7 Å². The molecule has 0 unspecified atom stereocenters. The highest BCUT2D eigenvalue weighted by Gasteiger charge is 2.27. The van der Waals surface area contributed by atoms with Crippen LogP contribution < -0.4 is 0 Å². The Morgan fingerprint density at radius 1 is 1.16 bits per heavy atom. The molecule has 1 aromatic rings. The molecule has 2 nitrogen and oxygen atoms in total. The average molecular weight is 259 g/mol. The number of allylic oxidation sites excluding steroid dienone is 1. The van der Waals surface area contributed by atoms with Crippen LogP contribution in [0.5, 0.6) is 0 Å². The number of carbonyl (C=O) groups is 1. The highest BCUT2D eigenvalue weighted by molar-refractivity contribution is 5.97. The molecule has 104 valence electrons. The van der Waals surface area contributed by atoms with Crippen LogP contribution >= 0.6 is 0 Å². The summed E-state index contributed by atoms with van der Waals surface area (Å²) in [5, 5.41) is 0. The fourth-order valence-electron chi connectivity index (χ4n) is 2.05. The quantitative estimate of drug-likeness (QED) is 0.697. The smallest absolute Gasteiger partial charge is 0.162 e. The highest BCUT2D eigenvalue weighted by atomic mass is 16.1. The van der Waals surface area contributed by atoms with E-state index in [1.54, 1.807) is 6.08 Å². The Morgan fingerprint density at radius 2 is 1.74 bits per heavy atom. The number of rotatable bonds is 7. The standard InChI is InChI=1S/C17H25NO/c1-5-18(6-2)14-17(3,4)16(19)13-12-15-10-8-7-9-11-15/h7-13H,5-6,14H2,1-4H3/b13-12+. The van der Waals surface area contributed by atoms with Crippen LogP contribution in [0, 0.1) is 5.41 Å². The van der Waals surface area contributed by atoms with Crippen molar-refractivity contribution in [2.24, 2.45) is 5.41 Å². The van der Waals surface area contributed by atoms with E-state index in [4.69, 9.17) is 0 Å². The Bertz CT molecular complexity index is 416. The van der Waals surface area contributed by atoms with Gasteiger partial charge in [0.15, 0.2) is 5.78 Å². The summed E-state index contributed by atoms with van der Waals surface area (Å²) in [7, 11) is 0. The summed E-state index contributed by atoms with van der Waals surface area (Å²) in [6, 6.07) is 9.93. The van der Waals surface area contributed by atoms with Crippen molar-refractivity contribution >= 4 is 11.9 Å². The van der Waals surface area contributed by atoms with Crippen LogP contribution in [0.25, 0.3) is 6.08 Å². The minimum atomic E-state index is -0.336. The summed E-state index contributed by atoms with van der Waals surface area (Å²) in [6.45, 7) is 11.1. The first-order valence-corrected chi connectivity index (χ1v) is 6.99. The molecule has 19 heavy (non-hydrogen) atoms. The van der Waals surface area contributed by atoms with Crippen molar-refractivity contribution in [3.63, 3.8) is 0 Å². The van der Waals surface area contributed by atoms with Gasteiger partial charge >= 0.3 is 0 Å². The molecule has 0 N–H and O–H groups in total. The molecule has 0 amide bonds. The van der Waals surface area contributed by atoms with Crippen molar-refractivity contribution in [2.75, 3.05) is 19.6 Å². The summed E-state index contributed by atoms with van der Waals surface area (Å²) >= 11 is 0. The van der Waals surface area contributed by atoms with E-state index >= 15 is 0 Å². The van der Waals surface area contributed by atoms with Crippen LogP contribution in [0.2, 0.25) is 0 Å². The minimum absolute atomic E-state index is 0.184. The Labute approximate surface area is 117 Å². The zero-order valence-corrected chi connectivity index (χ0v) is 12.5. The number of hydrogen-bond acceptors (Lipinski definition) is 2.